The molecule has 0 spiro atoms. The Labute approximate surface area is 208 Å². The minimum absolute atomic E-state index is 0. The molecule has 3 rings (SSSR count). The van der Waals surface area contributed by atoms with Gasteiger partial charge in [0, 0.05) is 39.4 Å². The van der Waals surface area contributed by atoms with E-state index < -0.39 is 0 Å². The molecule has 0 radical (unpaired) electrons. The van der Waals surface area contributed by atoms with Crippen LogP contribution in [0.3, 0.4) is 0 Å². The summed E-state index contributed by atoms with van der Waals surface area (Å²) in [4.78, 5) is 7.00. The van der Waals surface area contributed by atoms with Gasteiger partial charge in [-0.1, -0.05) is 48.5 Å². The molecule has 0 saturated carbocycles. The summed E-state index contributed by atoms with van der Waals surface area (Å²) in [6.07, 6.45) is 1.95. The fourth-order valence-corrected chi connectivity index (χ4v) is 3.22. The zero-order valence-electron chi connectivity index (χ0n) is 19.2. The second-order valence-electron chi connectivity index (χ2n) is 7.59. The molecule has 3 aromatic rings. The lowest BCUT2D eigenvalue weighted by molar-refractivity contribution is 0.715. The standard InChI is InChI=1S/C24H33N7.HI/c1-20-28-29-23(31(20)3)19-27-24(26-17-15-21-11-6-4-7-12-21)25-16-10-18-30(2)22-13-8-5-9-14-22;/h4-9,11-14H,10,15-19H2,1-3H3,(H2,25,26,27);1H. The zero-order chi connectivity index (χ0) is 21.9. The smallest absolute Gasteiger partial charge is 0.191 e. The van der Waals surface area contributed by atoms with Crippen LogP contribution in [0.15, 0.2) is 65.7 Å². The van der Waals surface area contributed by atoms with Crippen LogP contribution in [0.5, 0.6) is 0 Å². The van der Waals surface area contributed by atoms with E-state index in [9.17, 15) is 0 Å². The highest BCUT2D eigenvalue weighted by Gasteiger charge is 2.06. The van der Waals surface area contributed by atoms with Gasteiger partial charge in [-0.15, -0.1) is 34.2 Å². The average molecular weight is 547 g/mol. The summed E-state index contributed by atoms with van der Waals surface area (Å²) in [7, 11) is 4.09. The molecule has 2 N–H and O–H groups in total. The fourth-order valence-electron chi connectivity index (χ4n) is 3.22. The quantitative estimate of drug-likeness (QED) is 0.176. The highest BCUT2D eigenvalue weighted by molar-refractivity contribution is 14.0. The number of benzene rings is 2. The van der Waals surface area contributed by atoms with Crippen molar-refractivity contribution < 1.29 is 0 Å². The third-order valence-electron chi connectivity index (χ3n) is 5.27. The highest BCUT2D eigenvalue weighted by Crippen LogP contribution is 2.10. The number of guanidine groups is 1. The molecule has 2 aromatic carbocycles. The van der Waals surface area contributed by atoms with Crippen LogP contribution in [0.2, 0.25) is 0 Å². The number of aryl methyl sites for hydroxylation is 1. The Kier molecular flexibility index (Phi) is 11.0. The number of nitrogens with one attached hydrogen (secondary N) is 2. The summed E-state index contributed by atoms with van der Waals surface area (Å²) in [6.45, 7) is 5.06. The first-order chi connectivity index (χ1) is 15.1. The first kappa shape index (κ1) is 25.6. The zero-order valence-corrected chi connectivity index (χ0v) is 21.5. The van der Waals surface area contributed by atoms with Gasteiger partial charge in [-0.2, -0.15) is 0 Å². The summed E-state index contributed by atoms with van der Waals surface area (Å²) in [5, 5.41) is 15.2. The summed E-state index contributed by atoms with van der Waals surface area (Å²) < 4.78 is 1.97. The summed E-state index contributed by atoms with van der Waals surface area (Å²) in [5.74, 6) is 2.55. The topological polar surface area (TPSA) is 70.4 Å². The minimum Gasteiger partial charge on any atom is -0.375 e. The largest absolute Gasteiger partial charge is 0.375 e. The number of anilines is 1. The number of halogens is 1. The molecule has 0 aliphatic heterocycles. The molecule has 0 bridgehead atoms. The van der Waals surface area contributed by atoms with Gasteiger partial charge < -0.3 is 20.1 Å². The number of nitrogens with zero attached hydrogens (tertiary/aromatic N) is 5. The number of hydrogen-bond acceptors (Lipinski definition) is 4. The predicted molar refractivity (Wildman–Crippen MR) is 143 cm³/mol. The molecule has 32 heavy (non-hydrogen) atoms. The van der Waals surface area contributed by atoms with Gasteiger partial charge >= 0.3 is 0 Å². The first-order valence-corrected chi connectivity index (χ1v) is 10.8. The molecule has 0 unspecified atom stereocenters. The van der Waals surface area contributed by atoms with Crippen molar-refractivity contribution in [3.8, 4) is 0 Å². The molecular weight excluding hydrogens is 513 g/mol. The minimum atomic E-state index is 0. The van der Waals surface area contributed by atoms with Crippen molar-refractivity contribution in [1.82, 2.24) is 25.4 Å². The van der Waals surface area contributed by atoms with E-state index in [0.29, 0.717) is 6.54 Å². The fraction of sp³-hybridized carbons (Fsp3) is 0.375. The summed E-state index contributed by atoms with van der Waals surface area (Å²) in [5.41, 5.74) is 2.54. The van der Waals surface area contributed by atoms with E-state index in [1.54, 1.807) is 0 Å². The van der Waals surface area contributed by atoms with Crippen LogP contribution in [0.1, 0.15) is 23.6 Å². The Morgan fingerprint density at radius 3 is 2.28 bits per heavy atom. The van der Waals surface area contributed by atoms with Crippen molar-refractivity contribution in [2.75, 3.05) is 31.6 Å². The second kappa shape index (κ2) is 13.7. The molecule has 0 aliphatic rings. The lowest BCUT2D eigenvalue weighted by Crippen LogP contribution is -2.39. The number of aromatic nitrogens is 3. The van der Waals surface area contributed by atoms with Crippen molar-refractivity contribution in [1.29, 1.82) is 0 Å². The Morgan fingerprint density at radius 1 is 0.969 bits per heavy atom. The van der Waals surface area contributed by atoms with Crippen LogP contribution in [-0.2, 0) is 20.0 Å². The molecule has 0 atom stereocenters. The third kappa shape index (κ3) is 8.14. The lowest BCUT2D eigenvalue weighted by Gasteiger charge is -2.19. The average Bonchev–Trinajstić information content (AvgIpc) is 3.13. The van der Waals surface area contributed by atoms with Crippen LogP contribution < -0.4 is 15.5 Å². The van der Waals surface area contributed by atoms with Crippen molar-refractivity contribution in [2.45, 2.75) is 26.3 Å². The van der Waals surface area contributed by atoms with Crippen LogP contribution in [0.25, 0.3) is 0 Å². The van der Waals surface area contributed by atoms with Crippen LogP contribution in [0, 0.1) is 6.92 Å². The third-order valence-corrected chi connectivity index (χ3v) is 5.27. The van der Waals surface area contributed by atoms with E-state index in [4.69, 9.17) is 4.99 Å². The normalized spacial score (nSPS) is 11.0. The van der Waals surface area contributed by atoms with Gasteiger partial charge in [-0.05, 0) is 37.5 Å². The molecule has 0 amide bonds. The van der Waals surface area contributed by atoms with Gasteiger partial charge in [0.2, 0.25) is 0 Å². The number of para-hydroxylation sites is 1. The van der Waals surface area contributed by atoms with Crippen molar-refractivity contribution in [2.24, 2.45) is 12.0 Å². The van der Waals surface area contributed by atoms with Crippen molar-refractivity contribution in [3.63, 3.8) is 0 Å². The maximum Gasteiger partial charge on any atom is 0.191 e. The van der Waals surface area contributed by atoms with E-state index in [1.165, 1.54) is 11.3 Å². The Hall–Kier alpha value is -2.62. The monoisotopic (exact) mass is 547 g/mol. The van der Waals surface area contributed by atoms with E-state index in [1.807, 2.05) is 30.7 Å². The van der Waals surface area contributed by atoms with Crippen molar-refractivity contribution >= 4 is 35.6 Å². The second-order valence-corrected chi connectivity index (χ2v) is 7.59. The number of hydrogen-bond donors (Lipinski definition) is 2. The molecule has 1 heterocycles. The van der Waals surface area contributed by atoms with Crippen LogP contribution in [-0.4, -0.2) is 47.4 Å². The van der Waals surface area contributed by atoms with E-state index in [-0.39, 0.29) is 24.0 Å². The molecule has 0 saturated heterocycles. The summed E-state index contributed by atoms with van der Waals surface area (Å²) >= 11 is 0. The van der Waals surface area contributed by atoms with Crippen molar-refractivity contribution in [3.05, 3.63) is 77.9 Å². The number of rotatable bonds is 10. The van der Waals surface area contributed by atoms with Gasteiger partial charge in [-0.3, -0.25) is 0 Å². The SMILES string of the molecule is Cc1nnc(CN=C(NCCCN(C)c2ccccc2)NCCc2ccccc2)n1C.I. The molecule has 0 aliphatic carbocycles. The van der Waals surface area contributed by atoms with E-state index >= 15 is 0 Å². The highest BCUT2D eigenvalue weighted by atomic mass is 127. The summed E-state index contributed by atoms with van der Waals surface area (Å²) in [6, 6.07) is 20.9. The molecule has 1 aromatic heterocycles. The predicted octanol–water partition coefficient (Wildman–Crippen LogP) is 3.55. The molecule has 7 nitrogen and oxygen atoms in total. The number of aliphatic imine (C=N–C) groups is 1. The Bertz CT molecular complexity index is 941. The van der Waals surface area contributed by atoms with E-state index in [2.05, 4.69) is 81.3 Å². The van der Waals surface area contributed by atoms with E-state index in [0.717, 1.165) is 50.1 Å². The molecule has 8 heteroatoms. The first-order valence-electron chi connectivity index (χ1n) is 10.8. The van der Waals surface area contributed by atoms with Crippen LogP contribution >= 0.6 is 24.0 Å². The maximum atomic E-state index is 4.73. The van der Waals surface area contributed by atoms with Gasteiger partial charge in [0.05, 0.1) is 0 Å². The van der Waals surface area contributed by atoms with Gasteiger partial charge in [0.1, 0.15) is 12.4 Å². The Morgan fingerprint density at radius 2 is 1.62 bits per heavy atom. The Balaban J connectivity index is 0.00000363. The van der Waals surface area contributed by atoms with Crippen LogP contribution in [0.4, 0.5) is 5.69 Å². The maximum absolute atomic E-state index is 4.73. The molecule has 0 fully saturated rings. The van der Waals surface area contributed by atoms with Gasteiger partial charge in [0.25, 0.3) is 0 Å². The molecular formula is C24H34IN7. The molecule has 172 valence electrons. The lowest BCUT2D eigenvalue weighted by atomic mass is 10.1. The van der Waals surface area contributed by atoms with Gasteiger partial charge in [0.15, 0.2) is 11.8 Å². The van der Waals surface area contributed by atoms with Gasteiger partial charge in [-0.25, -0.2) is 4.99 Å².